The summed E-state index contributed by atoms with van der Waals surface area (Å²) in [5.41, 5.74) is 0. The van der Waals surface area contributed by atoms with Crippen molar-refractivity contribution in [3.63, 3.8) is 0 Å². The van der Waals surface area contributed by atoms with Crippen LogP contribution in [-0.4, -0.2) is 9.97 Å². The molecule has 0 aliphatic carbocycles. The lowest BCUT2D eigenvalue weighted by atomic mass is 10.3. The van der Waals surface area contributed by atoms with E-state index in [1.54, 1.807) is 22.7 Å². The Morgan fingerprint density at radius 2 is 1.00 bits per heavy atom. The molecular formula is C16H12N2S4. The average Bonchev–Trinajstić information content (AvgIpc) is 3.24. The number of thiazole rings is 2. The lowest BCUT2D eigenvalue weighted by molar-refractivity contribution is 1.39. The molecule has 22 heavy (non-hydrogen) atoms. The van der Waals surface area contributed by atoms with E-state index < -0.39 is 0 Å². The van der Waals surface area contributed by atoms with Crippen LogP contribution in [0.1, 0.15) is 9.75 Å². The Bertz CT molecular complexity index is 849. The second-order valence-electron chi connectivity index (χ2n) is 4.88. The molecular weight excluding hydrogens is 348 g/mol. The topological polar surface area (TPSA) is 25.8 Å². The largest absolute Gasteiger partial charge is 0.243 e. The number of hydrogen-bond acceptors (Lipinski definition) is 6. The third-order valence-corrected chi connectivity index (χ3v) is 7.65. The summed E-state index contributed by atoms with van der Waals surface area (Å²) in [5, 5.41) is 2.22. The maximum absolute atomic E-state index is 4.47. The van der Waals surface area contributed by atoms with Crippen molar-refractivity contribution in [1.29, 1.82) is 0 Å². The zero-order valence-electron chi connectivity index (χ0n) is 12.0. The molecule has 0 N–H and O–H groups in total. The summed E-state index contributed by atoms with van der Waals surface area (Å²) in [6.07, 6.45) is 3.88. The van der Waals surface area contributed by atoms with Gasteiger partial charge in [-0.1, -0.05) is 0 Å². The molecule has 4 aromatic rings. The molecule has 4 heterocycles. The van der Waals surface area contributed by atoms with Crippen LogP contribution in [0.5, 0.6) is 0 Å². The first-order chi connectivity index (χ1) is 10.7. The lowest BCUT2D eigenvalue weighted by Gasteiger charge is -1.90. The highest BCUT2D eigenvalue weighted by atomic mass is 32.1. The fourth-order valence-electron chi connectivity index (χ4n) is 2.11. The van der Waals surface area contributed by atoms with Crippen molar-refractivity contribution >= 4 is 45.3 Å². The Kier molecular flexibility index (Phi) is 3.69. The molecule has 0 unspecified atom stereocenters. The molecule has 0 radical (unpaired) electrons. The number of thiophene rings is 2. The van der Waals surface area contributed by atoms with Gasteiger partial charge in [0.2, 0.25) is 0 Å². The standard InChI is InChI=1S/C16H12N2S4/c1-9-7-17-15(19-9)13-5-3-11(21-13)12-4-6-14(22-12)16-18-8-10(2)20-16/h3-8H,1-2H3. The van der Waals surface area contributed by atoms with E-state index in [4.69, 9.17) is 0 Å². The first-order valence-electron chi connectivity index (χ1n) is 6.75. The van der Waals surface area contributed by atoms with Gasteiger partial charge in [0.05, 0.1) is 9.75 Å². The van der Waals surface area contributed by atoms with Gasteiger partial charge >= 0.3 is 0 Å². The molecule has 2 nitrogen and oxygen atoms in total. The van der Waals surface area contributed by atoms with E-state index in [1.165, 1.54) is 29.3 Å². The fraction of sp³-hybridized carbons (Fsp3) is 0.125. The third kappa shape index (κ3) is 2.67. The minimum absolute atomic E-state index is 1.11. The Morgan fingerprint density at radius 1 is 0.591 bits per heavy atom. The Balaban J connectivity index is 1.65. The zero-order valence-corrected chi connectivity index (χ0v) is 15.3. The van der Waals surface area contributed by atoms with Gasteiger partial charge in [0.15, 0.2) is 0 Å². The smallest absolute Gasteiger partial charge is 0.133 e. The molecule has 0 aliphatic heterocycles. The number of nitrogens with zero attached hydrogens (tertiary/aromatic N) is 2. The van der Waals surface area contributed by atoms with E-state index in [0.717, 1.165) is 10.0 Å². The molecule has 0 spiro atoms. The molecule has 4 aromatic heterocycles. The van der Waals surface area contributed by atoms with Crippen molar-refractivity contribution in [3.8, 4) is 29.5 Å². The fourth-order valence-corrected chi connectivity index (χ4v) is 5.86. The van der Waals surface area contributed by atoms with Crippen molar-refractivity contribution in [2.24, 2.45) is 0 Å². The van der Waals surface area contributed by atoms with E-state index in [0.29, 0.717) is 0 Å². The molecule has 0 bridgehead atoms. The number of aryl methyl sites for hydroxylation is 2. The van der Waals surface area contributed by atoms with E-state index in [9.17, 15) is 0 Å². The van der Waals surface area contributed by atoms with E-state index in [-0.39, 0.29) is 0 Å². The summed E-state index contributed by atoms with van der Waals surface area (Å²) in [6, 6.07) is 8.73. The molecule has 0 aliphatic rings. The highest BCUT2D eigenvalue weighted by Crippen LogP contribution is 2.41. The third-order valence-electron chi connectivity index (χ3n) is 3.12. The monoisotopic (exact) mass is 360 g/mol. The molecule has 0 amide bonds. The summed E-state index contributed by atoms with van der Waals surface area (Å²) in [4.78, 5) is 16.5. The first kappa shape index (κ1) is 14.3. The van der Waals surface area contributed by atoms with Gasteiger partial charge < -0.3 is 0 Å². The maximum Gasteiger partial charge on any atom is 0.133 e. The zero-order chi connectivity index (χ0) is 15.1. The van der Waals surface area contributed by atoms with Crippen LogP contribution < -0.4 is 0 Å². The van der Waals surface area contributed by atoms with Gasteiger partial charge in [-0.3, -0.25) is 0 Å². The average molecular weight is 361 g/mol. The normalized spacial score (nSPS) is 11.2. The highest BCUT2D eigenvalue weighted by Gasteiger charge is 2.11. The summed E-state index contributed by atoms with van der Waals surface area (Å²) in [7, 11) is 0. The van der Waals surface area contributed by atoms with Gasteiger partial charge in [0.1, 0.15) is 10.0 Å². The quantitative estimate of drug-likeness (QED) is 0.426. The van der Waals surface area contributed by atoms with Gasteiger partial charge in [0, 0.05) is 31.9 Å². The number of rotatable bonds is 3. The molecule has 4 rings (SSSR count). The van der Waals surface area contributed by atoms with Crippen molar-refractivity contribution in [2.75, 3.05) is 0 Å². The SMILES string of the molecule is Cc1cnc(-c2ccc(-c3ccc(-c4ncc(C)s4)s3)s2)s1. The molecule has 0 aromatic carbocycles. The minimum Gasteiger partial charge on any atom is -0.243 e. The molecule has 0 atom stereocenters. The van der Waals surface area contributed by atoms with E-state index in [1.807, 2.05) is 35.1 Å². The van der Waals surface area contributed by atoms with E-state index in [2.05, 4.69) is 48.1 Å². The van der Waals surface area contributed by atoms with Crippen LogP contribution in [0.3, 0.4) is 0 Å². The maximum atomic E-state index is 4.47. The molecule has 0 fully saturated rings. The lowest BCUT2D eigenvalue weighted by Crippen LogP contribution is -1.64. The Labute approximate surface area is 144 Å². The predicted molar refractivity (Wildman–Crippen MR) is 99.3 cm³/mol. The predicted octanol–water partition coefficient (Wildman–Crippen LogP) is 6.34. The summed E-state index contributed by atoms with van der Waals surface area (Å²) >= 11 is 7.11. The second-order valence-corrected chi connectivity index (χ2v) is 9.52. The summed E-state index contributed by atoms with van der Waals surface area (Å²) in [5.74, 6) is 0. The van der Waals surface area contributed by atoms with Crippen LogP contribution in [0.25, 0.3) is 29.5 Å². The highest BCUT2D eigenvalue weighted by molar-refractivity contribution is 7.28. The molecule has 0 saturated carbocycles. The Morgan fingerprint density at radius 3 is 1.36 bits per heavy atom. The number of hydrogen-bond donors (Lipinski definition) is 0. The molecule has 0 saturated heterocycles. The van der Waals surface area contributed by atoms with Crippen LogP contribution in [-0.2, 0) is 0 Å². The summed E-state index contributed by atoms with van der Waals surface area (Å²) < 4.78 is 0. The van der Waals surface area contributed by atoms with Crippen LogP contribution in [0, 0.1) is 13.8 Å². The van der Waals surface area contributed by atoms with Crippen LogP contribution >= 0.6 is 45.3 Å². The Hall–Kier alpha value is -1.34. The molecule has 110 valence electrons. The van der Waals surface area contributed by atoms with Gasteiger partial charge in [-0.25, -0.2) is 9.97 Å². The minimum atomic E-state index is 1.11. The second kappa shape index (κ2) is 5.70. The summed E-state index contributed by atoms with van der Waals surface area (Å²) in [6.45, 7) is 4.19. The van der Waals surface area contributed by atoms with E-state index >= 15 is 0 Å². The van der Waals surface area contributed by atoms with Crippen LogP contribution in [0.4, 0.5) is 0 Å². The van der Waals surface area contributed by atoms with Gasteiger partial charge in [-0.2, -0.15) is 0 Å². The van der Waals surface area contributed by atoms with Crippen molar-refractivity contribution < 1.29 is 0 Å². The van der Waals surface area contributed by atoms with Gasteiger partial charge in [-0.15, -0.1) is 45.3 Å². The van der Waals surface area contributed by atoms with Gasteiger partial charge in [0.25, 0.3) is 0 Å². The molecule has 6 heteroatoms. The van der Waals surface area contributed by atoms with Crippen LogP contribution in [0.2, 0.25) is 0 Å². The first-order valence-corrected chi connectivity index (χ1v) is 10.0. The van der Waals surface area contributed by atoms with Gasteiger partial charge in [-0.05, 0) is 38.1 Å². The number of aromatic nitrogens is 2. The van der Waals surface area contributed by atoms with Crippen LogP contribution in [0.15, 0.2) is 36.7 Å². The van der Waals surface area contributed by atoms with Crippen molar-refractivity contribution in [2.45, 2.75) is 13.8 Å². The van der Waals surface area contributed by atoms with Crippen molar-refractivity contribution in [1.82, 2.24) is 9.97 Å². The van der Waals surface area contributed by atoms with Crippen molar-refractivity contribution in [3.05, 3.63) is 46.4 Å².